The number of hydrogen-bond donors (Lipinski definition) is 2. The Kier molecular flexibility index (Phi) is 3.45. The second-order valence-corrected chi connectivity index (χ2v) is 4.69. The number of nitrogens with one attached hydrogen (secondary N) is 2. The number of carbonyl (C=O) groups is 2. The molecule has 4 nitrogen and oxygen atoms in total. The maximum atomic E-state index is 11.6. The zero-order valence-electron chi connectivity index (χ0n) is 9.16. The van der Waals surface area contributed by atoms with E-state index in [9.17, 15) is 9.59 Å². The van der Waals surface area contributed by atoms with Crippen molar-refractivity contribution in [2.45, 2.75) is 18.9 Å². The van der Waals surface area contributed by atoms with Gasteiger partial charge >= 0.3 is 6.03 Å². The summed E-state index contributed by atoms with van der Waals surface area (Å²) in [6.07, 6.45) is 6.18. The number of amides is 2. The monoisotopic (exact) mass is 248 g/mol. The van der Waals surface area contributed by atoms with Gasteiger partial charge in [-0.05, 0) is 17.9 Å². The van der Waals surface area contributed by atoms with E-state index in [4.69, 9.17) is 6.42 Å². The van der Waals surface area contributed by atoms with Gasteiger partial charge < -0.3 is 10.6 Å². The first-order valence-electron chi connectivity index (χ1n) is 5.31. The van der Waals surface area contributed by atoms with Gasteiger partial charge in [0.1, 0.15) is 0 Å². The minimum Gasteiger partial charge on any atom is -0.330 e. The fourth-order valence-corrected chi connectivity index (χ4v) is 2.84. The van der Waals surface area contributed by atoms with Gasteiger partial charge in [0.05, 0.1) is 12.6 Å². The molecule has 1 aromatic rings. The topological polar surface area (TPSA) is 58.2 Å². The lowest BCUT2D eigenvalue weighted by molar-refractivity contribution is 0.0965. The molecule has 0 radical (unpaired) electrons. The predicted octanol–water partition coefficient (Wildman–Crippen LogP) is 1.70. The van der Waals surface area contributed by atoms with Crippen LogP contribution < -0.4 is 10.6 Å². The van der Waals surface area contributed by atoms with Crippen molar-refractivity contribution < 1.29 is 9.59 Å². The molecule has 1 aliphatic rings. The highest BCUT2D eigenvalue weighted by Gasteiger charge is 2.27. The molecular formula is C12H12N2O2S. The predicted molar refractivity (Wildman–Crippen MR) is 66.0 cm³/mol. The number of hydrogen-bond acceptors (Lipinski definition) is 3. The van der Waals surface area contributed by atoms with Crippen molar-refractivity contribution >= 4 is 23.2 Å². The molecule has 1 aliphatic carbocycles. The molecule has 2 N–H and O–H groups in total. The summed E-state index contributed by atoms with van der Waals surface area (Å²) in [7, 11) is 0. The van der Waals surface area contributed by atoms with E-state index in [1.54, 1.807) is 0 Å². The molecule has 2 rings (SSSR count). The van der Waals surface area contributed by atoms with E-state index in [1.807, 2.05) is 11.4 Å². The second-order valence-electron chi connectivity index (χ2n) is 3.74. The Labute approximate surface area is 103 Å². The van der Waals surface area contributed by atoms with Crippen molar-refractivity contribution in [2.24, 2.45) is 0 Å². The minimum atomic E-state index is -0.290. The highest BCUT2D eigenvalue weighted by molar-refractivity contribution is 7.10. The SMILES string of the molecule is C#CCNC(=O)NC1CCC(=O)c2ccsc21. The van der Waals surface area contributed by atoms with Crippen LogP contribution in [-0.4, -0.2) is 18.4 Å². The van der Waals surface area contributed by atoms with Gasteiger partial charge in [0.25, 0.3) is 0 Å². The van der Waals surface area contributed by atoms with Crippen LogP contribution in [0.15, 0.2) is 11.4 Å². The van der Waals surface area contributed by atoms with Crippen molar-refractivity contribution in [3.63, 3.8) is 0 Å². The Balaban J connectivity index is 2.05. The number of rotatable bonds is 2. The Bertz CT molecular complexity index is 487. The van der Waals surface area contributed by atoms with Gasteiger partial charge in [-0.3, -0.25) is 4.79 Å². The van der Waals surface area contributed by atoms with Crippen LogP contribution in [0.5, 0.6) is 0 Å². The number of terminal acetylenes is 1. The Hall–Kier alpha value is -1.80. The van der Waals surface area contributed by atoms with Gasteiger partial charge in [0, 0.05) is 16.9 Å². The van der Waals surface area contributed by atoms with E-state index >= 15 is 0 Å². The molecule has 5 heteroatoms. The molecule has 0 saturated carbocycles. The lowest BCUT2D eigenvalue weighted by Gasteiger charge is -2.22. The van der Waals surface area contributed by atoms with Crippen LogP contribution in [-0.2, 0) is 0 Å². The van der Waals surface area contributed by atoms with Gasteiger partial charge in [-0.25, -0.2) is 4.79 Å². The molecule has 17 heavy (non-hydrogen) atoms. The molecule has 0 aliphatic heterocycles. The number of carbonyl (C=O) groups excluding carboxylic acids is 2. The van der Waals surface area contributed by atoms with Gasteiger partial charge in [-0.1, -0.05) is 5.92 Å². The largest absolute Gasteiger partial charge is 0.330 e. The van der Waals surface area contributed by atoms with Crippen molar-refractivity contribution in [1.82, 2.24) is 10.6 Å². The molecule has 88 valence electrons. The summed E-state index contributed by atoms with van der Waals surface area (Å²) in [5.41, 5.74) is 0.739. The molecule has 0 saturated heterocycles. The van der Waals surface area contributed by atoms with Crippen LogP contribution in [0.3, 0.4) is 0 Å². The van der Waals surface area contributed by atoms with Crippen molar-refractivity contribution in [1.29, 1.82) is 0 Å². The zero-order valence-corrected chi connectivity index (χ0v) is 9.97. The summed E-state index contributed by atoms with van der Waals surface area (Å²) in [6, 6.07) is 1.44. The zero-order chi connectivity index (χ0) is 12.3. The molecule has 0 aromatic carbocycles. The molecule has 2 amide bonds. The lowest BCUT2D eigenvalue weighted by atomic mass is 9.94. The third kappa shape index (κ3) is 2.48. The second kappa shape index (κ2) is 5.02. The molecule has 0 fully saturated rings. The van der Waals surface area contributed by atoms with Gasteiger partial charge in [-0.2, -0.15) is 0 Å². The van der Waals surface area contributed by atoms with E-state index < -0.39 is 0 Å². The van der Waals surface area contributed by atoms with E-state index in [0.29, 0.717) is 12.8 Å². The van der Waals surface area contributed by atoms with Crippen molar-refractivity contribution in [3.8, 4) is 12.3 Å². The molecule has 0 bridgehead atoms. The van der Waals surface area contributed by atoms with E-state index in [-0.39, 0.29) is 24.4 Å². The quantitative estimate of drug-likeness (QED) is 0.783. The fourth-order valence-electron chi connectivity index (χ4n) is 1.84. The van der Waals surface area contributed by atoms with E-state index in [1.165, 1.54) is 11.3 Å². The maximum Gasteiger partial charge on any atom is 0.316 e. The smallest absolute Gasteiger partial charge is 0.316 e. The van der Waals surface area contributed by atoms with Crippen LogP contribution in [0.4, 0.5) is 4.79 Å². The first-order chi connectivity index (χ1) is 8.22. The minimum absolute atomic E-state index is 0.0829. The standard InChI is InChI=1S/C12H12N2O2S/c1-2-6-13-12(16)14-9-3-4-10(15)8-5-7-17-11(8)9/h1,5,7,9H,3-4,6H2,(H2,13,14,16). The fraction of sp³-hybridized carbons (Fsp3) is 0.333. The van der Waals surface area contributed by atoms with Gasteiger partial charge in [-0.15, -0.1) is 17.8 Å². The van der Waals surface area contributed by atoms with Crippen LogP contribution in [0, 0.1) is 12.3 Å². The van der Waals surface area contributed by atoms with Crippen LogP contribution in [0.1, 0.15) is 34.1 Å². The van der Waals surface area contributed by atoms with Gasteiger partial charge in [0.15, 0.2) is 5.78 Å². The first kappa shape index (κ1) is 11.7. The Morgan fingerprint density at radius 1 is 1.65 bits per heavy atom. The van der Waals surface area contributed by atoms with Crippen LogP contribution in [0.2, 0.25) is 0 Å². The molecule has 1 unspecified atom stereocenters. The molecule has 0 spiro atoms. The van der Waals surface area contributed by atoms with Gasteiger partial charge in [0.2, 0.25) is 0 Å². The Morgan fingerprint density at radius 3 is 3.24 bits per heavy atom. The number of Topliss-reactive ketones (excluding diaryl/α,β-unsaturated/α-hetero) is 1. The molecule has 1 atom stereocenters. The molecule has 1 heterocycles. The van der Waals surface area contributed by atoms with E-state index in [0.717, 1.165) is 10.4 Å². The highest BCUT2D eigenvalue weighted by Crippen LogP contribution is 2.33. The summed E-state index contributed by atoms with van der Waals surface area (Å²) < 4.78 is 0. The van der Waals surface area contributed by atoms with Crippen LogP contribution in [0.25, 0.3) is 0 Å². The van der Waals surface area contributed by atoms with Crippen molar-refractivity contribution in [2.75, 3.05) is 6.54 Å². The first-order valence-corrected chi connectivity index (χ1v) is 6.18. The van der Waals surface area contributed by atoms with Crippen molar-refractivity contribution in [3.05, 3.63) is 21.9 Å². The maximum absolute atomic E-state index is 11.6. The van der Waals surface area contributed by atoms with Crippen LogP contribution >= 0.6 is 11.3 Å². The summed E-state index contributed by atoms with van der Waals surface area (Å²) in [4.78, 5) is 24.0. The summed E-state index contributed by atoms with van der Waals surface area (Å²) in [5.74, 6) is 2.49. The average Bonchev–Trinajstić information content (AvgIpc) is 2.80. The summed E-state index contributed by atoms with van der Waals surface area (Å²) in [5, 5.41) is 7.25. The normalized spacial score (nSPS) is 18.1. The average molecular weight is 248 g/mol. The number of thiophene rings is 1. The van der Waals surface area contributed by atoms with E-state index in [2.05, 4.69) is 16.6 Å². The number of urea groups is 1. The Morgan fingerprint density at radius 2 is 2.47 bits per heavy atom. The third-order valence-corrected chi connectivity index (χ3v) is 3.66. The molecule has 1 aromatic heterocycles. The number of ketones is 1. The highest BCUT2D eigenvalue weighted by atomic mass is 32.1. The third-order valence-electron chi connectivity index (χ3n) is 2.63. The lowest BCUT2D eigenvalue weighted by Crippen LogP contribution is -2.39. The summed E-state index contributed by atoms with van der Waals surface area (Å²) >= 11 is 1.50. The summed E-state index contributed by atoms with van der Waals surface area (Å²) in [6.45, 7) is 0.203. The number of fused-ring (bicyclic) bond motifs is 1. The molecular weight excluding hydrogens is 236 g/mol.